The van der Waals surface area contributed by atoms with Crippen LogP contribution in [0.4, 0.5) is 8.78 Å². The van der Waals surface area contributed by atoms with Crippen LogP contribution >= 0.6 is 0 Å². The Balaban J connectivity index is 0.000000379. The maximum absolute atomic E-state index is 12.2. The second kappa shape index (κ2) is 12.7. The van der Waals surface area contributed by atoms with Crippen molar-refractivity contribution < 1.29 is 18.4 Å². The number of carbonyl (C=O) groups excluding carboxylic acids is 2. The van der Waals surface area contributed by atoms with Gasteiger partial charge in [0.2, 0.25) is 5.91 Å². The summed E-state index contributed by atoms with van der Waals surface area (Å²) in [7, 11) is 0. The summed E-state index contributed by atoms with van der Waals surface area (Å²) in [5.41, 5.74) is 3.10. The molecule has 1 fully saturated rings. The van der Waals surface area contributed by atoms with Crippen molar-refractivity contribution in [2.24, 2.45) is 0 Å². The molecule has 0 aromatic heterocycles. The molecule has 1 unspecified atom stereocenters. The smallest absolute Gasteiger partial charge is 0.217 e. The summed E-state index contributed by atoms with van der Waals surface area (Å²) in [4.78, 5) is 23.0. The average Bonchev–Trinajstić information content (AvgIpc) is 2.74. The van der Waals surface area contributed by atoms with Crippen LogP contribution in [0.2, 0.25) is 0 Å². The second-order valence-electron chi connectivity index (χ2n) is 9.66. The van der Waals surface area contributed by atoms with Gasteiger partial charge < -0.3 is 10.6 Å². The zero-order chi connectivity index (χ0) is 25.3. The molecule has 3 rings (SSSR count). The molecule has 34 heavy (non-hydrogen) atoms. The first kappa shape index (κ1) is 27.6. The molecule has 1 aliphatic carbocycles. The molecule has 4 nitrogen and oxygen atoms in total. The van der Waals surface area contributed by atoms with Crippen LogP contribution < -0.4 is 10.6 Å². The highest BCUT2D eigenvalue weighted by atomic mass is 19.1. The lowest BCUT2D eigenvalue weighted by Gasteiger charge is -2.39. The van der Waals surface area contributed by atoms with Crippen molar-refractivity contribution in [3.8, 4) is 0 Å². The number of benzene rings is 2. The minimum absolute atomic E-state index is 0.00936. The lowest BCUT2D eigenvalue weighted by atomic mass is 9.75. The molecule has 1 aliphatic rings. The van der Waals surface area contributed by atoms with Crippen LogP contribution in [0.15, 0.2) is 42.5 Å². The van der Waals surface area contributed by atoms with Gasteiger partial charge in [0.05, 0.1) is 0 Å². The van der Waals surface area contributed by atoms with E-state index in [1.165, 1.54) is 23.3 Å². The van der Waals surface area contributed by atoms with E-state index < -0.39 is 11.6 Å². The van der Waals surface area contributed by atoms with Gasteiger partial charge in [0.25, 0.3) is 0 Å². The Kier molecular flexibility index (Phi) is 10.4. The highest BCUT2D eigenvalue weighted by molar-refractivity contribution is 5.79. The van der Waals surface area contributed by atoms with Crippen molar-refractivity contribution in [3.63, 3.8) is 0 Å². The minimum Gasteiger partial charge on any atom is -0.354 e. The fourth-order valence-electron chi connectivity index (χ4n) is 4.36. The number of nitrogens with one attached hydrogen (secondary N) is 2. The largest absolute Gasteiger partial charge is 0.354 e. The van der Waals surface area contributed by atoms with Crippen molar-refractivity contribution in [1.82, 2.24) is 10.6 Å². The van der Waals surface area contributed by atoms with Crippen molar-refractivity contribution >= 4 is 11.7 Å². The van der Waals surface area contributed by atoms with Crippen molar-refractivity contribution in [2.75, 3.05) is 6.54 Å². The molecule has 1 saturated carbocycles. The standard InChI is InChI=1S/C21H32N2O2.C7H6F2/c1-15(2)18-6-5-7-19(14-18)21(11-8-20(25)9-12-21)22-13-10-16(3)23-17(4)24;1-5-2-6(8)4-7(9)3-5/h5-7,14-16,22H,8-13H2,1-4H3,(H,23,24);2-4H,1H3. The van der Waals surface area contributed by atoms with Gasteiger partial charge in [-0.1, -0.05) is 38.1 Å². The third kappa shape index (κ3) is 8.64. The molecule has 1 atom stereocenters. The quantitative estimate of drug-likeness (QED) is 0.525. The molecule has 2 aromatic rings. The number of carbonyl (C=O) groups is 2. The van der Waals surface area contributed by atoms with Gasteiger partial charge in [-0.15, -0.1) is 0 Å². The molecule has 2 aromatic carbocycles. The molecule has 0 bridgehead atoms. The Labute approximate surface area is 202 Å². The van der Waals surface area contributed by atoms with Gasteiger partial charge in [0.1, 0.15) is 17.4 Å². The van der Waals surface area contributed by atoms with Crippen LogP contribution in [-0.2, 0) is 15.1 Å². The maximum Gasteiger partial charge on any atom is 0.217 e. The molecular formula is C28H38F2N2O2. The summed E-state index contributed by atoms with van der Waals surface area (Å²) in [6.07, 6.45) is 3.85. The Morgan fingerprint density at radius 2 is 1.65 bits per heavy atom. The summed E-state index contributed by atoms with van der Waals surface area (Å²) in [6.45, 7) is 10.5. The van der Waals surface area contributed by atoms with Crippen LogP contribution in [-0.4, -0.2) is 24.3 Å². The summed E-state index contributed by atoms with van der Waals surface area (Å²) < 4.78 is 24.4. The van der Waals surface area contributed by atoms with Gasteiger partial charge in [-0.25, -0.2) is 8.78 Å². The van der Waals surface area contributed by atoms with Gasteiger partial charge >= 0.3 is 0 Å². The highest BCUT2D eigenvalue weighted by Gasteiger charge is 2.36. The van der Waals surface area contributed by atoms with E-state index in [1.54, 1.807) is 13.8 Å². The first-order valence-corrected chi connectivity index (χ1v) is 12.1. The summed E-state index contributed by atoms with van der Waals surface area (Å²) in [5, 5.41) is 6.67. The van der Waals surface area contributed by atoms with Gasteiger partial charge in [-0.05, 0) is 74.4 Å². The van der Waals surface area contributed by atoms with Crippen LogP contribution in [0.1, 0.15) is 82.4 Å². The molecule has 1 amide bonds. The number of Topliss-reactive ketones (excluding diaryl/α,β-unsaturated/α-hetero) is 1. The van der Waals surface area contributed by atoms with E-state index in [1.807, 2.05) is 6.92 Å². The third-order valence-electron chi connectivity index (χ3n) is 6.26. The van der Waals surface area contributed by atoms with E-state index in [4.69, 9.17) is 0 Å². The van der Waals surface area contributed by atoms with Gasteiger partial charge in [0.15, 0.2) is 0 Å². The summed E-state index contributed by atoms with van der Waals surface area (Å²) >= 11 is 0. The number of rotatable bonds is 7. The van der Waals surface area contributed by atoms with Gasteiger partial charge in [0, 0.05) is 37.4 Å². The number of hydrogen-bond donors (Lipinski definition) is 2. The Morgan fingerprint density at radius 1 is 1.03 bits per heavy atom. The monoisotopic (exact) mass is 472 g/mol. The average molecular weight is 473 g/mol. The van der Waals surface area contributed by atoms with Crippen LogP contribution in [0.25, 0.3) is 0 Å². The topological polar surface area (TPSA) is 58.2 Å². The number of aryl methyl sites for hydroxylation is 1. The van der Waals surface area contributed by atoms with E-state index in [0.717, 1.165) is 31.9 Å². The number of amides is 1. The molecule has 6 heteroatoms. The zero-order valence-electron chi connectivity index (χ0n) is 21.0. The zero-order valence-corrected chi connectivity index (χ0v) is 21.0. The van der Waals surface area contributed by atoms with Crippen LogP contribution in [0.5, 0.6) is 0 Å². The fraction of sp³-hybridized carbons (Fsp3) is 0.500. The van der Waals surface area contributed by atoms with E-state index in [9.17, 15) is 18.4 Å². The first-order chi connectivity index (χ1) is 16.0. The second-order valence-corrected chi connectivity index (χ2v) is 9.66. The molecule has 0 saturated heterocycles. The predicted molar refractivity (Wildman–Crippen MR) is 133 cm³/mol. The molecule has 0 heterocycles. The van der Waals surface area contributed by atoms with Gasteiger partial charge in [-0.2, -0.15) is 0 Å². The fourth-order valence-corrected chi connectivity index (χ4v) is 4.36. The van der Waals surface area contributed by atoms with E-state index in [0.29, 0.717) is 30.1 Å². The third-order valence-corrected chi connectivity index (χ3v) is 6.26. The van der Waals surface area contributed by atoms with Crippen molar-refractivity contribution in [1.29, 1.82) is 0 Å². The molecule has 0 spiro atoms. The number of halogens is 2. The SMILES string of the molecule is CC(=O)NC(C)CCNC1(c2cccc(C(C)C)c2)CCC(=O)CC1.Cc1cc(F)cc(F)c1. The Hall–Kier alpha value is -2.60. The lowest BCUT2D eigenvalue weighted by Crippen LogP contribution is -2.47. The molecule has 0 radical (unpaired) electrons. The predicted octanol–water partition coefficient (Wildman–Crippen LogP) is 5.93. The maximum atomic E-state index is 12.2. The van der Waals surface area contributed by atoms with E-state index in [-0.39, 0.29) is 17.5 Å². The van der Waals surface area contributed by atoms with Crippen molar-refractivity contribution in [2.45, 2.75) is 84.2 Å². The molecular weight excluding hydrogens is 434 g/mol. The molecule has 0 aliphatic heterocycles. The van der Waals surface area contributed by atoms with Crippen molar-refractivity contribution in [3.05, 3.63) is 70.8 Å². The normalized spacial score (nSPS) is 15.9. The van der Waals surface area contributed by atoms with E-state index in [2.05, 4.69) is 48.7 Å². The number of hydrogen-bond acceptors (Lipinski definition) is 3. The number of ketones is 1. The highest BCUT2D eigenvalue weighted by Crippen LogP contribution is 2.37. The Morgan fingerprint density at radius 3 is 2.18 bits per heavy atom. The van der Waals surface area contributed by atoms with Crippen LogP contribution in [0.3, 0.4) is 0 Å². The minimum atomic E-state index is -0.521. The molecule has 186 valence electrons. The summed E-state index contributed by atoms with van der Waals surface area (Å²) in [6, 6.07) is 12.4. The van der Waals surface area contributed by atoms with Crippen LogP contribution in [0, 0.1) is 18.6 Å². The molecule has 2 N–H and O–H groups in total. The summed E-state index contributed by atoms with van der Waals surface area (Å²) in [5.74, 6) is -0.179. The Bertz CT molecular complexity index is 914. The van der Waals surface area contributed by atoms with Gasteiger partial charge in [-0.3, -0.25) is 9.59 Å². The first-order valence-electron chi connectivity index (χ1n) is 12.1. The van der Waals surface area contributed by atoms with E-state index >= 15 is 0 Å². The lowest BCUT2D eigenvalue weighted by molar-refractivity contribution is -0.122.